The number of halogens is 2. The Kier molecular flexibility index (Phi) is 3.84. The second-order valence-corrected chi connectivity index (χ2v) is 4.17. The molecule has 2 rings (SSSR count). The Hall–Kier alpha value is -1.59. The fourth-order valence-corrected chi connectivity index (χ4v) is 1.83. The molecule has 0 atom stereocenters. The van der Waals surface area contributed by atoms with Crippen LogP contribution in [-0.2, 0) is 4.74 Å². The number of esters is 1. The molecular weight excluding hydrogens is 277 g/mol. The number of carbonyl (C=O) groups is 1. The van der Waals surface area contributed by atoms with E-state index in [-0.39, 0.29) is 12.4 Å². The molecule has 2 aromatic rings. The number of hydrogen-bond acceptors (Lipinski definition) is 4. The standard InChI is InChI=1S/C11H9Cl2N3O2/c1-2-18-11(17)10-14-6-16(15-10)9-4-3-7(12)5-8(9)13/h3-6H,2H2,1H3. The molecule has 0 aliphatic rings. The first-order valence-corrected chi connectivity index (χ1v) is 5.91. The molecule has 0 bridgehead atoms. The first kappa shape index (κ1) is 12.9. The van der Waals surface area contributed by atoms with Crippen LogP contribution >= 0.6 is 23.2 Å². The summed E-state index contributed by atoms with van der Waals surface area (Å²) in [5, 5.41) is 4.93. The van der Waals surface area contributed by atoms with Crippen molar-refractivity contribution < 1.29 is 9.53 Å². The monoisotopic (exact) mass is 285 g/mol. The molecule has 7 heteroatoms. The number of rotatable bonds is 3. The molecule has 5 nitrogen and oxygen atoms in total. The first-order valence-electron chi connectivity index (χ1n) is 5.16. The van der Waals surface area contributed by atoms with Gasteiger partial charge in [-0.1, -0.05) is 23.2 Å². The lowest BCUT2D eigenvalue weighted by Crippen LogP contribution is -2.07. The average molecular weight is 286 g/mol. The van der Waals surface area contributed by atoms with E-state index in [1.54, 1.807) is 25.1 Å². The molecule has 1 heterocycles. The van der Waals surface area contributed by atoms with Gasteiger partial charge < -0.3 is 4.74 Å². The van der Waals surface area contributed by atoms with Gasteiger partial charge in [0.15, 0.2) is 0 Å². The molecule has 0 N–H and O–H groups in total. The molecule has 0 aliphatic carbocycles. The summed E-state index contributed by atoms with van der Waals surface area (Å²) in [5.74, 6) is -0.579. The Bertz CT molecular complexity index is 583. The summed E-state index contributed by atoms with van der Waals surface area (Å²) in [6.07, 6.45) is 1.39. The normalized spacial score (nSPS) is 10.4. The SMILES string of the molecule is CCOC(=O)c1ncn(-c2ccc(Cl)cc2Cl)n1. The van der Waals surface area contributed by atoms with Crippen LogP contribution in [0.4, 0.5) is 0 Å². The van der Waals surface area contributed by atoms with Crippen LogP contribution in [-0.4, -0.2) is 27.3 Å². The Morgan fingerprint density at radius 3 is 2.89 bits per heavy atom. The molecule has 0 saturated heterocycles. The van der Waals surface area contributed by atoms with Gasteiger partial charge in [-0.15, -0.1) is 5.10 Å². The molecule has 0 amide bonds. The van der Waals surface area contributed by atoms with Gasteiger partial charge in [-0.25, -0.2) is 14.5 Å². The quantitative estimate of drug-likeness (QED) is 0.814. The van der Waals surface area contributed by atoms with Crippen molar-refractivity contribution in [3.05, 3.63) is 40.4 Å². The fraction of sp³-hybridized carbons (Fsp3) is 0.182. The third-order valence-electron chi connectivity index (χ3n) is 2.11. The van der Waals surface area contributed by atoms with E-state index in [0.717, 1.165) is 0 Å². The maximum absolute atomic E-state index is 11.4. The van der Waals surface area contributed by atoms with Crippen molar-refractivity contribution in [3.8, 4) is 5.69 Å². The number of carbonyl (C=O) groups excluding carboxylic acids is 1. The van der Waals surface area contributed by atoms with E-state index in [4.69, 9.17) is 27.9 Å². The van der Waals surface area contributed by atoms with Crippen LogP contribution in [0, 0.1) is 0 Å². The zero-order valence-electron chi connectivity index (χ0n) is 9.43. The van der Waals surface area contributed by atoms with Gasteiger partial charge in [-0.3, -0.25) is 0 Å². The molecule has 0 spiro atoms. The van der Waals surface area contributed by atoms with Crippen LogP contribution in [0.15, 0.2) is 24.5 Å². The zero-order chi connectivity index (χ0) is 13.1. The highest BCUT2D eigenvalue weighted by Gasteiger charge is 2.14. The van der Waals surface area contributed by atoms with Crippen LogP contribution in [0.2, 0.25) is 10.0 Å². The Balaban J connectivity index is 2.32. The Morgan fingerprint density at radius 2 is 2.22 bits per heavy atom. The van der Waals surface area contributed by atoms with E-state index in [2.05, 4.69) is 10.1 Å². The minimum Gasteiger partial charge on any atom is -0.460 e. The van der Waals surface area contributed by atoms with Gasteiger partial charge in [0.05, 0.1) is 17.3 Å². The average Bonchev–Trinajstić information content (AvgIpc) is 2.78. The Labute approximate surface area is 113 Å². The summed E-state index contributed by atoms with van der Waals surface area (Å²) < 4.78 is 6.19. The largest absolute Gasteiger partial charge is 0.460 e. The van der Waals surface area contributed by atoms with Crippen molar-refractivity contribution >= 4 is 29.2 Å². The second-order valence-electron chi connectivity index (χ2n) is 3.33. The van der Waals surface area contributed by atoms with E-state index in [9.17, 15) is 4.79 Å². The lowest BCUT2D eigenvalue weighted by molar-refractivity contribution is 0.0512. The van der Waals surface area contributed by atoms with E-state index in [1.165, 1.54) is 11.0 Å². The number of hydrogen-bond donors (Lipinski definition) is 0. The van der Waals surface area contributed by atoms with Crippen LogP contribution in [0.3, 0.4) is 0 Å². The van der Waals surface area contributed by atoms with Crippen molar-refractivity contribution in [2.24, 2.45) is 0 Å². The van der Waals surface area contributed by atoms with Crippen molar-refractivity contribution in [1.82, 2.24) is 14.8 Å². The maximum Gasteiger partial charge on any atom is 0.378 e. The summed E-state index contributed by atoms with van der Waals surface area (Å²) in [7, 11) is 0. The van der Waals surface area contributed by atoms with Gasteiger partial charge in [-0.2, -0.15) is 0 Å². The van der Waals surface area contributed by atoms with E-state index >= 15 is 0 Å². The third kappa shape index (κ3) is 2.63. The zero-order valence-corrected chi connectivity index (χ0v) is 10.9. The van der Waals surface area contributed by atoms with Crippen molar-refractivity contribution in [3.63, 3.8) is 0 Å². The number of benzene rings is 1. The molecular formula is C11H9Cl2N3O2. The van der Waals surface area contributed by atoms with Crippen LogP contribution in [0.1, 0.15) is 17.5 Å². The summed E-state index contributed by atoms with van der Waals surface area (Å²) in [6.45, 7) is 1.99. The van der Waals surface area contributed by atoms with Gasteiger partial charge in [0, 0.05) is 5.02 Å². The van der Waals surface area contributed by atoms with Gasteiger partial charge in [0.2, 0.25) is 0 Å². The van der Waals surface area contributed by atoms with Gasteiger partial charge in [-0.05, 0) is 25.1 Å². The molecule has 94 valence electrons. The predicted octanol–water partition coefficient (Wildman–Crippen LogP) is 2.75. The number of ether oxygens (including phenoxy) is 1. The summed E-state index contributed by atoms with van der Waals surface area (Å²) in [6, 6.07) is 4.95. The minimum absolute atomic E-state index is 0.0112. The van der Waals surface area contributed by atoms with Crippen molar-refractivity contribution in [2.45, 2.75) is 6.92 Å². The predicted molar refractivity (Wildman–Crippen MR) is 67.3 cm³/mol. The molecule has 0 aliphatic heterocycles. The summed E-state index contributed by atoms with van der Waals surface area (Å²) in [4.78, 5) is 15.3. The third-order valence-corrected chi connectivity index (χ3v) is 2.64. The van der Waals surface area contributed by atoms with Gasteiger partial charge >= 0.3 is 5.97 Å². The minimum atomic E-state index is -0.568. The van der Waals surface area contributed by atoms with Crippen LogP contribution in [0.25, 0.3) is 5.69 Å². The second kappa shape index (κ2) is 5.37. The van der Waals surface area contributed by atoms with E-state index in [0.29, 0.717) is 15.7 Å². The summed E-state index contributed by atoms with van der Waals surface area (Å²) in [5.41, 5.74) is 0.587. The summed E-state index contributed by atoms with van der Waals surface area (Å²) >= 11 is 11.8. The lowest BCUT2D eigenvalue weighted by Gasteiger charge is -2.03. The molecule has 18 heavy (non-hydrogen) atoms. The highest BCUT2D eigenvalue weighted by atomic mass is 35.5. The van der Waals surface area contributed by atoms with Gasteiger partial charge in [0.1, 0.15) is 6.33 Å². The lowest BCUT2D eigenvalue weighted by atomic mass is 10.3. The highest BCUT2D eigenvalue weighted by molar-refractivity contribution is 6.35. The van der Waals surface area contributed by atoms with Crippen LogP contribution in [0.5, 0.6) is 0 Å². The van der Waals surface area contributed by atoms with E-state index < -0.39 is 5.97 Å². The van der Waals surface area contributed by atoms with Crippen LogP contribution < -0.4 is 0 Å². The number of aromatic nitrogens is 3. The van der Waals surface area contributed by atoms with Gasteiger partial charge in [0.25, 0.3) is 5.82 Å². The molecule has 0 saturated carbocycles. The smallest absolute Gasteiger partial charge is 0.378 e. The molecule has 0 fully saturated rings. The number of nitrogens with zero attached hydrogens (tertiary/aromatic N) is 3. The first-order chi connectivity index (χ1) is 8.61. The highest BCUT2D eigenvalue weighted by Crippen LogP contribution is 2.23. The van der Waals surface area contributed by atoms with Crippen molar-refractivity contribution in [1.29, 1.82) is 0 Å². The molecule has 1 aromatic heterocycles. The maximum atomic E-state index is 11.4. The molecule has 0 unspecified atom stereocenters. The molecule has 0 radical (unpaired) electrons. The topological polar surface area (TPSA) is 57.0 Å². The Morgan fingerprint density at radius 1 is 1.44 bits per heavy atom. The molecule has 1 aromatic carbocycles. The van der Waals surface area contributed by atoms with E-state index in [1.807, 2.05) is 0 Å². The fourth-order valence-electron chi connectivity index (χ4n) is 1.34. The van der Waals surface area contributed by atoms with Crippen molar-refractivity contribution in [2.75, 3.05) is 6.61 Å².